The van der Waals surface area contributed by atoms with E-state index in [9.17, 15) is 0 Å². The molecule has 15 heavy (non-hydrogen) atoms. The molecule has 78 valence electrons. The Balaban J connectivity index is 2.30. The zero-order valence-electron chi connectivity index (χ0n) is 8.63. The number of aromatic nitrogens is 2. The van der Waals surface area contributed by atoms with Gasteiger partial charge in [0.05, 0.1) is 0 Å². The third kappa shape index (κ3) is 2.21. The fourth-order valence-electron chi connectivity index (χ4n) is 1.49. The summed E-state index contributed by atoms with van der Waals surface area (Å²) >= 11 is 3.54. The van der Waals surface area contributed by atoms with E-state index in [1.54, 1.807) is 12.4 Å². The Kier molecular flexibility index (Phi) is 2.77. The lowest BCUT2D eigenvalue weighted by molar-refractivity contribution is 1.27. The Morgan fingerprint density at radius 2 is 1.93 bits per heavy atom. The molecule has 2 rings (SSSR count). The van der Waals surface area contributed by atoms with Crippen LogP contribution in [-0.4, -0.2) is 9.97 Å². The van der Waals surface area contributed by atoms with Gasteiger partial charge < -0.3 is 10.3 Å². The van der Waals surface area contributed by atoms with E-state index < -0.39 is 0 Å². The molecule has 0 radical (unpaired) electrons. The van der Waals surface area contributed by atoms with Crippen LogP contribution in [0.4, 0.5) is 11.6 Å². The summed E-state index contributed by atoms with van der Waals surface area (Å²) in [6.07, 6.45) is 3.52. The van der Waals surface area contributed by atoms with Crippen molar-refractivity contribution in [3.05, 3.63) is 40.1 Å². The molecule has 0 unspecified atom stereocenters. The minimum Gasteiger partial charge on any atom is -0.331 e. The third-order valence-electron chi connectivity index (χ3n) is 2.20. The van der Waals surface area contributed by atoms with Gasteiger partial charge in [0.1, 0.15) is 0 Å². The molecule has 0 amide bonds. The summed E-state index contributed by atoms with van der Waals surface area (Å²) in [6, 6.07) is 4.17. The Morgan fingerprint density at radius 3 is 2.47 bits per heavy atom. The van der Waals surface area contributed by atoms with Crippen molar-refractivity contribution >= 4 is 27.6 Å². The minimum absolute atomic E-state index is 0.760. The number of benzene rings is 1. The van der Waals surface area contributed by atoms with E-state index >= 15 is 0 Å². The molecule has 4 heteroatoms. The van der Waals surface area contributed by atoms with Gasteiger partial charge in [-0.2, -0.15) is 0 Å². The zero-order valence-corrected chi connectivity index (χ0v) is 10.2. The van der Waals surface area contributed by atoms with Gasteiger partial charge in [-0.1, -0.05) is 15.9 Å². The Labute approximate surface area is 97.1 Å². The van der Waals surface area contributed by atoms with Gasteiger partial charge in [-0.05, 0) is 37.1 Å². The smallest absolute Gasteiger partial charge is 0.204 e. The molecule has 1 aromatic heterocycles. The number of halogens is 1. The van der Waals surface area contributed by atoms with Crippen molar-refractivity contribution in [2.75, 3.05) is 5.32 Å². The van der Waals surface area contributed by atoms with Crippen molar-refractivity contribution in [2.45, 2.75) is 13.8 Å². The number of nitrogens with zero attached hydrogens (tertiary/aromatic N) is 1. The number of imidazole rings is 1. The highest BCUT2D eigenvalue weighted by Crippen LogP contribution is 2.26. The van der Waals surface area contributed by atoms with Crippen LogP contribution < -0.4 is 5.32 Å². The molecule has 0 bridgehead atoms. The SMILES string of the molecule is Cc1cc(Nc2ncc[nH]2)cc(C)c1Br. The topological polar surface area (TPSA) is 40.7 Å². The molecule has 0 fully saturated rings. The Bertz CT molecular complexity index is 440. The summed E-state index contributed by atoms with van der Waals surface area (Å²) in [6.45, 7) is 4.15. The standard InChI is InChI=1S/C11H12BrN3/c1-7-5-9(6-8(2)10(7)12)15-11-13-3-4-14-11/h3-6H,1-2H3,(H2,13,14,15). The van der Waals surface area contributed by atoms with Crippen LogP contribution in [0, 0.1) is 13.8 Å². The molecule has 0 saturated heterocycles. The van der Waals surface area contributed by atoms with E-state index in [-0.39, 0.29) is 0 Å². The summed E-state index contributed by atoms with van der Waals surface area (Å²) < 4.78 is 1.16. The first-order chi connectivity index (χ1) is 7.16. The number of hydrogen-bond acceptors (Lipinski definition) is 2. The summed E-state index contributed by atoms with van der Waals surface area (Å²) in [5.74, 6) is 0.760. The first-order valence-electron chi connectivity index (χ1n) is 4.70. The van der Waals surface area contributed by atoms with E-state index in [1.165, 1.54) is 11.1 Å². The van der Waals surface area contributed by atoms with E-state index in [1.807, 2.05) is 0 Å². The number of anilines is 2. The molecular weight excluding hydrogens is 254 g/mol. The molecule has 0 spiro atoms. The quantitative estimate of drug-likeness (QED) is 0.872. The average molecular weight is 266 g/mol. The molecule has 0 saturated carbocycles. The molecular formula is C11H12BrN3. The number of nitrogens with one attached hydrogen (secondary N) is 2. The van der Waals surface area contributed by atoms with Gasteiger partial charge in [0.15, 0.2) is 0 Å². The Morgan fingerprint density at radius 1 is 1.27 bits per heavy atom. The average Bonchev–Trinajstić information content (AvgIpc) is 2.66. The van der Waals surface area contributed by atoms with Crippen LogP contribution in [0.2, 0.25) is 0 Å². The van der Waals surface area contributed by atoms with Crippen molar-refractivity contribution < 1.29 is 0 Å². The van der Waals surface area contributed by atoms with Gasteiger partial charge in [-0.25, -0.2) is 4.98 Å². The molecule has 1 aromatic carbocycles. The lowest BCUT2D eigenvalue weighted by atomic mass is 10.1. The van der Waals surface area contributed by atoms with Crippen LogP contribution in [0.15, 0.2) is 29.0 Å². The fourth-order valence-corrected chi connectivity index (χ4v) is 1.72. The van der Waals surface area contributed by atoms with Crippen molar-refractivity contribution in [1.29, 1.82) is 0 Å². The summed E-state index contributed by atoms with van der Waals surface area (Å²) in [4.78, 5) is 7.12. The highest BCUT2D eigenvalue weighted by molar-refractivity contribution is 9.10. The summed E-state index contributed by atoms with van der Waals surface area (Å²) in [5.41, 5.74) is 3.47. The summed E-state index contributed by atoms with van der Waals surface area (Å²) in [7, 11) is 0. The van der Waals surface area contributed by atoms with E-state index in [4.69, 9.17) is 0 Å². The number of hydrogen-bond donors (Lipinski definition) is 2. The third-order valence-corrected chi connectivity index (χ3v) is 3.45. The van der Waals surface area contributed by atoms with Gasteiger partial charge in [0.2, 0.25) is 5.95 Å². The first-order valence-corrected chi connectivity index (χ1v) is 5.49. The van der Waals surface area contributed by atoms with Gasteiger partial charge in [-0.15, -0.1) is 0 Å². The van der Waals surface area contributed by atoms with Crippen LogP contribution in [-0.2, 0) is 0 Å². The van der Waals surface area contributed by atoms with Gasteiger partial charge in [0, 0.05) is 22.6 Å². The number of aryl methyl sites for hydroxylation is 2. The molecule has 2 aromatic rings. The molecule has 0 aliphatic heterocycles. The molecule has 0 atom stereocenters. The molecule has 0 aliphatic carbocycles. The molecule has 1 heterocycles. The molecule has 0 aliphatic rings. The van der Waals surface area contributed by atoms with Gasteiger partial charge >= 0.3 is 0 Å². The second-order valence-corrected chi connectivity index (χ2v) is 4.28. The highest BCUT2D eigenvalue weighted by atomic mass is 79.9. The largest absolute Gasteiger partial charge is 0.331 e. The van der Waals surface area contributed by atoms with E-state index in [0.29, 0.717) is 0 Å². The second kappa shape index (κ2) is 4.06. The monoisotopic (exact) mass is 265 g/mol. The predicted molar refractivity (Wildman–Crippen MR) is 65.5 cm³/mol. The van der Waals surface area contributed by atoms with Crippen LogP contribution in [0.3, 0.4) is 0 Å². The van der Waals surface area contributed by atoms with Gasteiger partial charge in [0.25, 0.3) is 0 Å². The number of aromatic amines is 1. The molecule has 2 N–H and O–H groups in total. The maximum absolute atomic E-state index is 4.11. The van der Waals surface area contributed by atoms with Crippen molar-refractivity contribution in [3.8, 4) is 0 Å². The van der Waals surface area contributed by atoms with Crippen molar-refractivity contribution in [1.82, 2.24) is 9.97 Å². The minimum atomic E-state index is 0.760. The fraction of sp³-hybridized carbons (Fsp3) is 0.182. The van der Waals surface area contributed by atoms with E-state index in [0.717, 1.165) is 16.1 Å². The second-order valence-electron chi connectivity index (χ2n) is 3.49. The first kappa shape index (κ1) is 10.2. The maximum Gasteiger partial charge on any atom is 0.204 e. The molecule has 3 nitrogen and oxygen atoms in total. The van der Waals surface area contributed by atoms with E-state index in [2.05, 4.69) is 57.2 Å². The Hall–Kier alpha value is -1.29. The lowest BCUT2D eigenvalue weighted by Crippen LogP contribution is -1.94. The number of rotatable bonds is 2. The van der Waals surface area contributed by atoms with Crippen LogP contribution in [0.5, 0.6) is 0 Å². The lowest BCUT2D eigenvalue weighted by Gasteiger charge is -2.08. The van der Waals surface area contributed by atoms with Crippen LogP contribution >= 0.6 is 15.9 Å². The van der Waals surface area contributed by atoms with Gasteiger partial charge in [-0.3, -0.25) is 0 Å². The highest BCUT2D eigenvalue weighted by Gasteiger charge is 2.03. The maximum atomic E-state index is 4.11. The number of H-pyrrole nitrogens is 1. The predicted octanol–water partition coefficient (Wildman–Crippen LogP) is 3.53. The van der Waals surface area contributed by atoms with Crippen molar-refractivity contribution in [2.24, 2.45) is 0 Å². The normalized spacial score (nSPS) is 10.3. The summed E-state index contributed by atoms with van der Waals surface area (Å²) in [5, 5.41) is 3.21. The zero-order chi connectivity index (χ0) is 10.8. The van der Waals surface area contributed by atoms with Crippen molar-refractivity contribution in [3.63, 3.8) is 0 Å². The van der Waals surface area contributed by atoms with Crippen LogP contribution in [0.1, 0.15) is 11.1 Å². The van der Waals surface area contributed by atoms with Crippen LogP contribution in [0.25, 0.3) is 0 Å².